The molecule has 1 aliphatic rings. The first-order valence-corrected chi connectivity index (χ1v) is 8.92. The van der Waals surface area contributed by atoms with Crippen molar-refractivity contribution < 1.29 is 13.7 Å². The molecule has 0 radical (unpaired) electrons. The maximum Gasteiger partial charge on any atom is 0.229 e. The Balaban J connectivity index is 1.53. The van der Waals surface area contributed by atoms with Gasteiger partial charge in [0.1, 0.15) is 5.82 Å². The van der Waals surface area contributed by atoms with Gasteiger partial charge in [-0.25, -0.2) is 4.39 Å². The molecule has 1 unspecified atom stereocenters. The predicted octanol–water partition coefficient (Wildman–Crippen LogP) is 3.67. The number of nitrogens with zero attached hydrogens (tertiary/aromatic N) is 3. The predicted molar refractivity (Wildman–Crippen MR) is 91.7 cm³/mol. The summed E-state index contributed by atoms with van der Waals surface area (Å²) in [4.78, 5) is 18.8. The molecule has 6 heteroatoms. The molecule has 0 saturated carbocycles. The molecule has 5 nitrogen and oxygen atoms in total. The van der Waals surface area contributed by atoms with Crippen LogP contribution in [0.1, 0.15) is 62.2 Å². The lowest BCUT2D eigenvalue weighted by Crippen LogP contribution is -2.38. The number of likely N-dealkylation sites (tertiary alicyclic amines) is 1. The zero-order valence-electron chi connectivity index (χ0n) is 14.7. The highest BCUT2D eigenvalue weighted by molar-refractivity contribution is 5.78. The van der Waals surface area contributed by atoms with Crippen LogP contribution < -0.4 is 0 Å². The zero-order chi connectivity index (χ0) is 17.8. The highest BCUT2D eigenvalue weighted by atomic mass is 19.1. The van der Waals surface area contributed by atoms with E-state index >= 15 is 0 Å². The summed E-state index contributed by atoms with van der Waals surface area (Å²) in [5.74, 6) is 1.78. The number of halogens is 1. The van der Waals surface area contributed by atoms with Crippen molar-refractivity contribution in [1.82, 2.24) is 15.0 Å². The molecule has 0 spiro atoms. The second-order valence-electron chi connectivity index (χ2n) is 6.76. The van der Waals surface area contributed by atoms with Crippen LogP contribution in [0.2, 0.25) is 0 Å². The third-order valence-corrected chi connectivity index (χ3v) is 4.98. The van der Waals surface area contributed by atoms with Gasteiger partial charge in [-0.15, -0.1) is 0 Å². The molecule has 3 rings (SSSR count). The fourth-order valence-electron chi connectivity index (χ4n) is 3.06. The Bertz CT molecular complexity index is 706. The minimum atomic E-state index is -0.284. The summed E-state index contributed by atoms with van der Waals surface area (Å²) in [6.07, 6.45) is 2.95. The van der Waals surface area contributed by atoms with Gasteiger partial charge in [0.15, 0.2) is 5.82 Å². The van der Waals surface area contributed by atoms with E-state index in [9.17, 15) is 9.18 Å². The molecule has 25 heavy (non-hydrogen) atoms. The van der Waals surface area contributed by atoms with Gasteiger partial charge in [0, 0.05) is 24.9 Å². The fourth-order valence-corrected chi connectivity index (χ4v) is 3.06. The molecule has 0 aliphatic carbocycles. The van der Waals surface area contributed by atoms with Crippen molar-refractivity contribution in [3.05, 3.63) is 47.4 Å². The van der Waals surface area contributed by atoms with Gasteiger partial charge in [-0.05, 0) is 37.0 Å². The van der Waals surface area contributed by atoms with E-state index in [0.717, 1.165) is 30.7 Å². The van der Waals surface area contributed by atoms with E-state index in [1.165, 1.54) is 12.1 Å². The molecule has 1 atom stereocenters. The normalized spacial score (nSPS) is 16.8. The Kier molecular flexibility index (Phi) is 5.46. The number of amides is 1. The van der Waals surface area contributed by atoms with Crippen LogP contribution in [-0.4, -0.2) is 34.0 Å². The van der Waals surface area contributed by atoms with Crippen LogP contribution in [0.15, 0.2) is 28.8 Å². The molecule has 1 amide bonds. The average Bonchev–Trinajstić information content (AvgIpc) is 3.13. The molecule has 1 fully saturated rings. The van der Waals surface area contributed by atoms with Crippen LogP contribution in [0, 0.1) is 5.82 Å². The molecule has 1 aliphatic heterocycles. The van der Waals surface area contributed by atoms with E-state index in [1.54, 1.807) is 12.1 Å². The molecule has 1 aromatic heterocycles. The number of hydrogen-bond donors (Lipinski definition) is 0. The lowest BCUT2D eigenvalue weighted by molar-refractivity contribution is -0.131. The molecule has 1 saturated heterocycles. The SMILES string of the molecule is CCC(C)c1noc(C2CCN(C(=O)Cc3ccc(F)cc3)CC2)n1. The number of aromatic nitrogens is 2. The van der Waals surface area contributed by atoms with Crippen molar-refractivity contribution in [2.24, 2.45) is 0 Å². The molecule has 0 bridgehead atoms. The average molecular weight is 345 g/mol. The first-order chi connectivity index (χ1) is 12.1. The van der Waals surface area contributed by atoms with Gasteiger partial charge >= 0.3 is 0 Å². The van der Waals surface area contributed by atoms with Crippen LogP contribution in [0.4, 0.5) is 4.39 Å². The van der Waals surface area contributed by atoms with Gasteiger partial charge in [-0.2, -0.15) is 4.98 Å². The number of hydrogen-bond acceptors (Lipinski definition) is 4. The Morgan fingerprint density at radius 1 is 1.32 bits per heavy atom. The Morgan fingerprint density at radius 3 is 2.64 bits per heavy atom. The molecule has 2 aromatic rings. The van der Waals surface area contributed by atoms with Gasteiger partial charge in [-0.3, -0.25) is 4.79 Å². The molecule has 1 aromatic carbocycles. The lowest BCUT2D eigenvalue weighted by atomic mass is 9.96. The quantitative estimate of drug-likeness (QED) is 0.829. The standard InChI is InChI=1S/C19H24FN3O2/c1-3-13(2)18-21-19(25-22-18)15-8-10-23(11-9-15)17(24)12-14-4-6-16(20)7-5-14/h4-7,13,15H,3,8-12H2,1-2H3. The van der Waals surface area contributed by atoms with E-state index in [0.29, 0.717) is 31.3 Å². The second-order valence-corrected chi connectivity index (χ2v) is 6.76. The highest BCUT2D eigenvalue weighted by Crippen LogP contribution is 2.28. The van der Waals surface area contributed by atoms with Gasteiger partial charge in [-0.1, -0.05) is 31.1 Å². The van der Waals surface area contributed by atoms with Crippen molar-refractivity contribution in [3.63, 3.8) is 0 Å². The van der Waals surface area contributed by atoms with Crippen LogP contribution in [0.5, 0.6) is 0 Å². The summed E-state index contributed by atoms with van der Waals surface area (Å²) >= 11 is 0. The topological polar surface area (TPSA) is 59.2 Å². The lowest BCUT2D eigenvalue weighted by Gasteiger charge is -2.30. The van der Waals surface area contributed by atoms with Crippen LogP contribution in [-0.2, 0) is 11.2 Å². The number of rotatable bonds is 5. The first kappa shape index (κ1) is 17.6. The molecule has 2 heterocycles. The van der Waals surface area contributed by atoms with Crippen LogP contribution in [0.3, 0.4) is 0 Å². The summed E-state index contributed by atoms with van der Waals surface area (Å²) in [6, 6.07) is 6.10. The largest absolute Gasteiger partial charge is 0.342 e. The molecule has 0 N–H and O–H groups in total. The monoisotopic (exact) mass is 345 g/mol. The van der Waals surface area contributed by atoms with E-state index in [2.05, 4.69) is 24.0 Å². The maximum absolute atomic E-state index is 12.9. The van der Waals surface area contributed by atoms with Gasteiger partial charge in [0.2, 0.25) is 11.8 Å². The van der Waals surface area contributed by atoms with E-state index in [-0.39, 0.29) is 17.6 Å². The maximum atomic E-state index is 12.9. The minimum Gasteiger partial charge on any atom is -0.342 e. The van der Waals surface area contributed by atoms with Crippen molar-refractivity contribution in [2.75, 3.05) is 13.1 Å². The third-order valence-electron chi connectivity index (χ3n) is 4.98. The highest BCUT2D eigenvalue weighted by Gasteiger charge is 2.28. The molecular formula is C19H24FN3O2. The smallest absolute Gasteiger partial charge is 0.229 e. The van der Waals surface area contributed by atoms with Crippen molar-refractivity contribution in [1.29, 1.82) is 0 Å². The Hall–Kier alpha value is -2.24. The number of piperidine rings is 1. The second kappa shape index (κ2) is 7.76. The number of carbonyl (C=O) groups excluding carboxylic acids is 1. The van der Waals surface area contributed by atoms with Crippen molar-refractivity contribution in [2.45, 2.75) is 51.4 Å². The Labute approximate surface area is 147 Å². The summed E-state index contributed by atoms with van der Waals surface area (Å²) < 4.78 is 18.4. The van der Waals surface area contributed by atoms with Gasteiger partial charge in [0.25, 0.3) is 0 Å². The summed E-state index contributed by atoms with van der Waals surface area (Å²) in [5.41, 5.74) is 0.837. The van der Waals surface area contributed by atoms with Crippen molar-refractivity contribution >= 4 is 5.91 Å². The summed E-state index contributed by atoms with van der Waals surface area (Å²) in [5, 5.41) is 4.08. The van der Waals surface area contributed by atoms with E-state index in [1.807, 2.05) is 4.90 Å². The zero-order valence-corrected chi connectivity index (χ0v) is 14.7. The van der Waals surface area contributed by atoms with Gasteiger partial charge < -0.3 is 9.42 Å². The van der Waals surface area contributed by atoms with Crippen LogP contribution >= 0.6 is 0 Å². The van der Waals surface area contributed by atoms with E-state index < -0.39 is 0 Å². The molecular weight excluding hydrogens is 321 g/mol. The summed E-state index contributed by atoms with van der Waals surface area (Å²) in [7, 11) is 0. The third kappa shape index (κ3) is 4.24. The number of benzene rings is 1. The van der Waals surface area contributed by atoms with E-state index in [4.69, 9.17) is 4.52 Å². The number of carbonyl (C=O) groups is 1. The minimum absolute atomic E-state index is 0.0795. The Morgan fingerprint density at radius 2 is 2.00 bits per heavy atom. The summed E-state index contributed by atoms with van der Waals surface area (Å²) in [6.45, 7) is 5.56. The first-order valence-electron chi connectivity index (χ1n) is 8.92. The molecule has 134 valence electrons. The fraction of sp³-hybridized carbons (Fsp3) is 0.526. The van der Waals surface area contributed by atoms with Crippen molar-refractivity contribution in [3.8, 4) is 0 Å². The van der Waals surface area contributed by atoms with Gasteiger partial charge in [0.05, 0.1) is 6.42 Å². The van der Waals surface area contributed by atoms with Crippen LogP contribution in [0.25, 0.3) is 0 Å².